The maximum Gasteiger partial charge on any atom is 0.132 e. The van der Waals surface area contributed by atoms with Gasteiger partial charge in [0.1, 0.15) is 5.82 Å². The molecule has 1 aromatic heterocycles. The summed E-state index contributed by atoms with van der Waals surface area (Å²) in [6.07, 6.45) is 1.89. The molecule has 0 N–H and O–H groups in total. The van der Waals surface area contributed by atoms with E-state index in [-0.39, 0.29) is 0 Å². The van der Waals surface area contributed by atoms with E-state index in [1.165, 1.54) is 11.1 Å². The third kappa shape index (κ3) is 2.54. The maximum atomic E-state index is 4.61. The molecule has 1 atom stereocenters. The standard InChI is InChI=1S/C17H21N3/c1-14-7-6-10-18-17(14)20-12-11-19(2)13-16(20)15-8-4-3-5-9-15/h3-10,16H,11-13H2,1-2H3/t16-/m1/s1. The van der Waals surface area contributed by atoms with Crippen molar-refractivity contribution in [2.75, 3.05) is 31.6 Å². The van der Waals surface area contributed by atoms with Crippen LogP contribution in [0.15, 0.2) is 48.7 Å². The van der Waals surface area contributed by atoms with Crippen LogP contribution in [0.1, 0.15) is 17.2 Å². The van der Waals surface area contributed by atoms with Crippen molar-refractivity contribution in [3.8, 4) is 0 Å². The second kappa shape index (κ2) is 5.63. The van der Waals surface area contributed by atoms with Crippen LogP contribution in [-0.2, 0) is 0 Å². The van der Waals surface area contributed by atoms with Gasteiger partial charge in [-0.1, -0.05) is 36.4 Å². The lowest BCUT2D eigenvalue weighted by molar-refractivity contribution is 0.268. The van der Waals surface area contributed by atoms with Crippen LogP contribution in [0, 0.1) is 6.92 Å². The number of pyridine rings is 1. The zero-order valence-electron chi connectivity index (χ0n) is 12.2. The van der Waals surface area contributed by atoms with E-state index in [0.29, 0.717) is 6.04 Å². The molecule has 1 aromatic carbocycles. The van der Waals surface area contributed by atoms with E-state index in [1.807, 2.05) is 12.3 Å². The smallest absolute Gasteiger partial charge is 0.132 e. The van der Waals surface area contributed by atoms with Crippen molar-refractivity contribution in [1.29, 1.82) is 0 Å². The Morgan fingerprint density at radius 1 is 1.05 bits per heavy atom. The number of anilines is 1. The van der Waals surface area contributed by atoms with E-state index < -0.39 is 0 Å². The van der Waals surface area contributed by atoms with E-state index in [0.717, 1.165) is 25.5 Å². The minimum Gasteiger partial charge on any atom is -0.347 e. The van der Waals surface area contributed by atoms with Crippen LogP contribution in [0.5, 0.6) is 0 Å². The molecule has 1 saturated heterocycles. The number of piperazine rings is 1. The van der Waals surface area contributed by atoms with Crippen molar-refractivity contribution < 1.29 is 0 Å². The van der Waals surface area contributed by atoms with E-state index in [2.05, 4.69) is 65.2 Å². The number of hydrogen-bond donors (Lipinski definition) is 0. The molecule has 1 fully saturated rings. The first-order chi connectivity index (χ1) is 9.75. The molecule has 0 amide bonds. The highest BCUT2D eigenvalue weighted by Crippen LogP contribution is 2.30. The SMILES string of the molecule is Cc1cccnc1N1CCN(C)C[C@@H]1c1ccccc1. The Morgan fingerprint density at radius 2 is 1.85 bits per heavy atom. The Balaban J connectivity index is 1.97. The van der Waals surface area contributed by atoms with Crippen LogP contribution in [0.2, 0.25) is 0 Å². The number of aryl methyl sites for hydroxylation is 1. The van der Waals surface area contributed by atoms with Crippen molar-refractivity contribution in [2.45, 2.75) is 13.0 Å². The summed E-state index contributed by atoms with van der Waals surface area (Å²) in [5.74, 6) is 1.12. The lowest BCUT2D eigenvalue weighted by Crippen LogP contribution is -2.47. The molecule has 2 aromatic rings. The number of nitrogens with zero attached hydrogens (tertiary/aromatic N) is 3. The van der Waals surface area contributed by atoms with Gasteiger partial charge in [0.15, 0.2) is 0 Å². The second-order valence-electron chi connectivity index (χ2n) is 5.53. The third-order valence-electron chi connectivity index (χ3n) is 4.02. The van der Waals surface area contributed by atoms with E-state index in [9.17, 15) is 0 Å². The molecular weight excluding hydrogens is 246 g/mol. The molecule has 0 aliphatic carbocycles. The summed E-state index contributed by atoms with van der Waals surface area (Å²) in [4.78, 5) is 9.45. The highest BCUT2D eigenvalue weighted by molar-refractivity contribution is 5.49. The largest absolute Gasteiger partial charge is 0.347 e. The Bertz CT molecular complexity index is 567. The monoisotopic (exact) mass is 267 g/mol. The summed E-state index contributed by atoms with van der Waals surface area (Å²) in [6.45, 7) is 5.29. The van der Waals surface area contributed by atoms with E-state index in [4.69, 9.17) is 0 Å². The molecule has 1 aliphatic rings. The van der Waals surface area contributed by atoms with Crippen molar-refractivity contribution >= 4 is 5.82 Å². The Labute approximate surface area is 120 Å². The fraction of sp³-hybridized carbons (Fsp3) is 0.353. The molecule has 0 spiro atoms. The van der Waals surface area contributed by atoms with Crippen molar-refractivity contribution in [3.05, 3.63) is 59.8 Å². The molecule has 3 heteroatoms. The first kappa shape index (κ1) is 13.1. The summed E-state index contributed by atoms with van der Waals surface area (Å²) < 4.78 is 0. The highest BCUT2D eigenvalue weighted by Gasteiger charge is 2.28. The maximum absolute atomic E-state index is 4.61. The average molecular weight is 267 g/mol. The molecule has 0 saturated carbocycles. The van der Waals surface area contributed by atoms with Crippen LogP contribution in [0.4, 0.5) is 5.82 Å². The minimum absolute atomic E-state index is 0.378. The quantitative estimate of drug-likeness (QED) is 0.834. The Kier molecular flexibility index (Phi) is 3.70. The van der Waals surface area contributed by atoms with Crippen molar-refractivity contribution in [2.24, 2.45) is 0 Å². The average Bonchev–Trinajstić information content (AvgIpc) is 2.49. The third-order valence-corrected chi connectivity index (χ3v) is 4.02. The van der Waals surface area contributed by atoms with Crippen LogP contribution < -0.4 is 4.90 Å². The molecular formula is C17H21N3. The molecule has 3 rings (SSSR count). The predicted molar refractivity (Wildman–Crippen MR) is 83.0 cm³/mol. The van der Waals surface area contributed by atoms with Gasteiger partial charge in [-0.3, -0.25) is 0 Å². The van der Waals surface area contributed by atoms with E-state index >= 15 is 0 Å². The minimum atomic E-state index is 0.378. The van der Waals surface area contributed by atoms with Gasteiger partial charge in [0, 0.05) is 25.8 Å². The molecule has 0 radical (unpaired) electrons. The molecule has 0 bridgehead atoms. The molecule has 2 heterocycles. The molecule has 1 aliphatic heterocycles. The Morgan fingerprint density at radius 3 is 2.60 bits per heavy atom. The van der Waals surface area contributed by atoms with Gasteiger partial charge in [0.05, 0.1) is 6.04 Å². The van der Waals surface area contributed by atoms with Gasteiger partial charge in [-0.15, -0.1) is 0 Å². The topological polar surface area (TPSA) is 19.4 Å². The van der Waals surface area contributed by atoms with Gasteiger partial charge in [0.2, 0.25) is 0 Å². The van der Waals surface area contributed by atoms with E-state index in [1.54, 1.807) is 0 Å². The van der Waals surface area contributed by atoms with Crippen LogP contribution in [0.25, 0.3) is 0 Å². The summed E-state index contributed by atoms with van der Waals surface area (Å²) in [6, 6.07) is 15.3. The number of aromatic nitrogens is 1. The van der Waals surface area contributed by atoms with Gasteiger partial charge in [-0.05, 0) is 31.2 Å². The first-order valence-corrected chi connectivity index (χ1v) is 7.17. The van der Waals surface area contributed by atoms with Crippen LogP contribution in [-0.4, -0.2) is 36.6 Å². The van der Waals surface area contributed by atoms with Crippen LogP contribution in [0.3, 0.4) is 0 Å². The fourth-order valence-electron chi connectivity index (χ4n) is 2.91. The Hall–Kier alpha value is -1.87. The zero-order chi connectivity index (χ0) is 13.9. The van der Waals surface area contributed by atoms with Crippen LogP contribution >= 0.6 is 0 Å². The highest BCUT2D eigenvalue weighted by atomic mass is 15.3. The lowest BCUT2D eigenvalue weighted by Gasteiger charge is -2.41. The number of benzene rings is 1. The van der Waals surface area contributed by atoms with Gasteiger partial charge in [-0.2, -0.15) is 0 Å². The molecule has 104 valence electrons. The summed E-state index contributed by atoms with van der Waals surface area (Å²) in [5, 5.41) is 0. The second-order valence-corrected chi connectivity index (χ2v) is 5.53. The van der Waals surface area contributed by atoms with Crippen molar-refractivity contribution in [1.82, 2.24) is 9.88 Å². The van der Waals surface area contributed by atoms with Gasteiger partial charge < -0.3 is 9.80 Å². The first-order valence-electron chi connectivity index (χ1n) is 7.17. The molecule has 20 heavy (non-hydrogen) atoms. The summed E-state index contributed by atoms with van der Waals surface area (Å²) in [5.41, 5.74) is 2.61. The van der Waals surface area contributed by atoms with Gasteiger partial charge >= 0.3 is 0 Å². The number of hydrogen-bond acceptors (Lipinski definition) is 3. The zero-order valence-corrected chi connectivity index (χ0v) is 12.2. The summed E-state index contributed by atoms with van der Waals surface area (Å²) >= 11 is 0. The number of likely N-dealkylation sites (N-methyl/N-ethyl adjacent to an activating group) is 1. The van der Waals surface area contributed by atoms with Gasteiger partial charge in [0.25, 0.3) is 0 Å². The van der Waals surface area contributed by atoms with Crippen molar-refractivity contribution in [3.63, 3.8) is 0 Å². The fourth-order valence-corrected chi connectivity index (χ4v) is 2.91. The lowest BCUT2D eigenvalue weighted by atomic mass is 10.0. The normalized spacial score (nSPS) is 20.1. The molecule has 0 unspecified atom stereocenters. The number of rotatable bonds is 2. The molecule has 3 nitrogen and oxygen atoms in total. The summed E-state index contributed by atoms with van der Waals surface area (Å²) in [7, 11) is 2.19. The van der Waals surface area contributed by atoms with Gasteiger partial charge in [-0.25, -0.2) is 4.98 Å². The predicted octanol–water partition coefficient (Wildman–Crippen LogP) is 2.88.